The van der Waals surface area contributed by atoms with Gasteiger partial charge in [0.15, 0.2) is 11.3 Å². The first-order chi connectivity index (χ1) is 13.6. The lowest BCUT2D eigenvalue weighted by molar-refractivity contribution is -0.111. The van der Waals surface area contributed by atoms with E-state index in [9.17, 15) is 4.79 Å². The van der Waals surface area contributed by atoms with Crippen LogP contribution in [0.25, 0.3) is 33.3 Å². The van der Waals surface area contributed by atoms with Crippen molar-refractivity contribution in [2.75, 3.05) is 18.4 Å². The summed E-state index contributed by atoms with van der Waals surface area (Å²) < 4.78 is 8.48. The minimum atomic E-state index is -0.262. The van der Waals surface area contributed by atoms with E-state index in [0.29, 0.717) is 17.0 Å². The van der Waals surface area contributed by atoms with E-state index in [-0.39, 0.29) is 5.91 Å². The van der Waals surface area contributed by atoms with Crippen LogP contribution in [0.2, 0.25) is 0 Å². The van der Waals surface area contributed by atoms with Crippen molar-refractivity contribution in [1.82, 2.24) is 9.56 Å². The summed E-state index contributed by atoms with van der Waals surface area (Å²) in [5, 5.41) is 5.81. The molecule has 5 nitrogen and oxygen atoms in total. The second-order valence-electron chi connectivity index (χ2n) is 6.55. The maximum absolute atomic E-state index is 11.9. The highest BCUT2D eigenvalue weighted by Crippen LogP contribution is 2.33. The average molecular weight is 372 g/mol. The van der Waals surface area contributed by atoms with Crippen LogP contribution in [0, 0.1) is 0 Å². The first-order valence-corrected chi connectivity index (χ1v) is 9.42. The zero-order valence-corrected chi connectivity index (χ0v) is 16.0. The van der Waals surface area contributed by atoms with Crippen LogP contribution in [0.1, 0.15) is 13.8 Å². The van der Waals surface area contributed by atoms with Crippen molar-refractivity contribution in [1.29, 1.82) is 0 Å². The number of aromatic nitrogens is 1. The van der Waals surface area contributed by atoms with Gasteiger partial charge in [-0.2, -0.15) is 0 Å². The summed E-state index contributed by atoms with van der Waals surface area (Å²) in [5.74, 6) is 0.454. The van der Waals surface area contributed by atoms with Crippen molar-refractivity contribution in [3.63, 3.8) is 0 Å². The fraction of sp³-hybridized carbons (Fsp3) is 0.174. The second-order valence-corrected chi connectivity index (χ2v) is 6.55. The average Bonchev–Trinajstić information content (AvgIpc) is 2.73. The third kappa shape index (κ3) is 3.05. The molecule has 0 saturated carbocycles. The van der Waals surface area contributed by atoms with E-state index < -0.39 is 0 Å². The Hall–Kier alpha value is -3.47. The van der Waals surface area contributed by atoms with Crippen LogP contribution in [0.4, 0.5) is 5.69 Å². The van der Waals surface area contributed by atoms with Gasteiger partial charge in [-0.1, -0.05) is 30.8 Å². The molecule has 1 aliphatic carbocycles. The van der Waals surface area contributed by atoms with Gasteiger partial charge in [-0.05, 0) is 26.0 Å². The Kier molecular flexibility index (Phi) is 4.65. The van der Waals surface area contributed by atoms with Crippen LogP contribution in [0.5, 0.6) is 0 Å². The molecule has 2 aromatic rings. The number of benzene rings is 3. The molecule has 0 bridgehead atoms. The molecule has 0 radical (unpaired) electrons. The second kappa shape index (κ2) is 7.27. The van der Waals surface area contributed by atoms with Crippen molar-refractivity contribution in [3.8, 4) is 11.5 Å². The quantitative estimate of drug-likeness (QED) is 0.255. The van der Waals surface area contributed by atoms with Crippen molar-refractivity contribution < 1.29 is 9.21 Å². The summed E-state index contributed by atoms with van der Waals surface area (Å²) in [6.45, 7) is 9.63. The normalized spacial score (nSPS) is 11.1. The van der Waals surface area contributed by atoms with Crippen LogP contribution in [0.3, 0.4) is 0 Å². The maximum atomic E-state index is 11.9. The Bertz CT molecular complexity index is 1250. The number of hydrogen-bond donors (Lipinski definition) is 1. The van der Waals surface area contributed by atoms with E-state index in [4.69, 9.17) is 9.40 Å². The van der Waals surface area contributed by atoms with E-state index in [1.807, 2.05) is 42.5 Å². The molecule has 140 valence electrons. The summed E-state index contributed by atoms with van der Waals surface area (Å²) in [6, 6.07) is 15.8. The molecule has 28 heavy (non-hydrogen) atoms. The smallest absolute Gasteiger partial charge is 0.247 e. The molecule has 1 aliphatic heterocycles. The lowest BCUT2D eigenvalue weighted by Gasteiger charge is -2.12. The summed E-state index contributed by atoms with van der Waals surface area (Å²) in [6.07, 6.45) is 1.26. The molecule has 0 atom stereocenters. The number of anilines is 1. The van der Waals surface area contributed by atoms with Crippen molar-refractivity contribution >= 4 is 33.5 Å². The zero-order chi connectivity index (χ0) is 19.7. The topological polar surface area (TPSA) is 58.1 Å². The van der Waals surface area contributed by atoms with Gasteiger partial charge in [0.1, 0.15) is 24.3 Å². The number of hydrogen-bond acceptors (Lipinski definition) is 3. The van der Waals surface area contributed by atoms with Crippen LogP contribution >= 0.6 is 0 Å². The molecule has 1 heterocycles. The Morgan fingerprint density at radius 1 is 1.14 bits per heavy atom. The van der Waals surface area contributed by atoms with Crippen LogP contribution in [0.15, 0.2) is 65.6 Å². The number of carbonyl (C=O) groups excluding carboxylic acids is 1. The highest BCUT2D eigenvalue weighted by atomic mass is 16.3. The lowest BCUT2D eigenvalue weighted by atomic mass is 10.1. The Morgan fingerprint density at radius 3 is 2.61 bits per heavy atom. The maximum Gasteiger partial charge on any atom is 0.247 e. The third-order valence-electron chi connectivity index (χ3n) is 4.95. The first-order valence-electron chi connectivity index (χ1n) is 9.42. The SMILES string of the molecule is C=CC(=O)Nc1cc2oc3cc(=[N+](CC)CC)ccc-3nc2c2ccccc12. The summed E-state index contributed by atoms with van der Waals surface area (Å²) in [5.41, 5.74) is 2.88. The Morgan fingerprint density at radius 2 is 1.89 bits per heavy atom. The zero-order valence-electron chi connectivity index (χ0n) is 16.0. The highest BCUT2D eigenvalue weighted by Gasteiger charge is 2.15. The molecule has 2 aliphatic rings. The van der Waals surface area contributed by atoms with Crippen molar-refractivity contribution in [3.05, 3.63) is 66.5 Å². The molecule has 2 aromatic carbocycles. The highest BCUT2D eigenvalue weighted by molar-refractivity contribution is 6.14. The van der Waals surface area contributed by atoms with Gasteiger partial charge in [-0.15, -0.1) is 0 Å². The largest absolute Gasteiger partial charge is 0.452 e. The molecule has 1 N–H and O–H groups in total. The van der Waals surface area contributed by atoms with Gasteiger partial charge >= 0.3 is 0 Å². The van der Waals surface area contributed by atoms with E-state index in [1.165, 1.54) is 6.08 Å². The predicted octanol–water partition coefficient (Wildman–Crippen LogP) is 4.02. The number of fused-ring (bicyclic) bond motifs is 4. The molecule has 1 amide bonds. The van der Waals surface area contributed by atoms with Gasteiger partial charge in [0.2, 0.25) is 11.3 Å². The molecule has 0 spiro atoms. The van der Waals surface area contributed by atoms with Crippen LogP contribution in [-0.2, 0) is 4.79 Å². The first kappa shape index (κ1) is 17.9. The van der Waals surface area contributed by atoms with Gasteiger partial charge in [-0.3, -0.25) is 4.79 Å². The van der Waals surface area contributed by atoms with Gasteiger partial charge in [0.25, 0.3) is 0 Å². The monoisotopic (exact) mass is 372 g/mol. The molecular formula is C23H22N3O2+. The number of amides is 1. The summed E-state index contributed by atoms with van der Waals surface area (Å²) >= 11 is 0. The molecule has 0 unspecified atom stereocenters. The van der Waals surface area contributed by atoms with Crippen LogP contribution in [-0.4, -0.2) is 24.0 Å². The fourth-order valence-electron chi connectivity index (χ4n) is 3.52. The van der Waals surface area contributed by atoms with Gasteiger partial charge in [-0.25, -0.2) is 9.56 Å². The summed E-state index contributed by atoms with van der Waals surface area (Å²) in [7, 11) is 0. The molecular weight excluding hydrogens is 350 g/mol. The predicted molar refractivity (Wildman–Crippen MR) is 113 cm³/mol. The molecule has 0 saturated heterocycles. The van der Waals surface area contributed by atoms with E-state index in [2.05, 4.69) is 36.4 Å². The minimum Gasteiger partial charge on any atom is -0.452 e. The van der Waals surface area contributed by atoms with E-state index in [1.54, 1.807) is 0 Å². The Labute approximate surface area is 163 Å². The van der Waals surface area contributed by atoms with Crippen LogP contribution < -0.4 is 15.2 Å². The van der Waals surface area contributed by atoms with Gasteiger partial charge in [0, 0.05) is 22.9 Å². The van der Waals surface area contributed by atoms with Crippen molar-refractivity contribution in [2.24, 2.45) is 0 Å². The lowest BCUT2D eigenvalue weighted by Crippen LogP contribution is -2.29. The Balaban J connectivity index is 2.04. The van der Waals surface area contributed by atoms with E-state index in [0.717, 1.165) is 40.4 Å². The minimum absolute atomic E-state index is 0.262. The standard InChI is InChI=1S/C23H21N3O2/c1-4-22(27)24-19-14-21-23(17-10-8-7-9-16(17)19)25-18-12-11-15(13-20(18)28-21)26(5-2)6-3/h4,7-14H,1,5-6H2,2-3H3/p+1. The molecule has 0 fully saturated rings. The molecule has 4 rings (SSSR count). The molecule has 5 heteroatoms. The number of nitrogens with one attached hydrogen (secondary N) is 1. The summed E-state index contributed by atoms with van der Waals surface area (Å²) in [4.78, 5) is 16.7. The molecule has 0 aromatic heterocycles. The fourth-order valence-corrected chi connectivity index (χ4v) is 3.52. The van der Waals surface area contributed by atoms with Gasteiger partial charge < -0.3 is 9.73 Å². The number of nitrogens with zero attached hydrogens (tertiary/aromatic N) is 2. The third-order valence-corrected chi connectivity index (χ3v) is 4.95. The van der Waals surface area contributed by atoms with Gasteiger partial charge in [0.05, 0.1) is 11.8 Å². The van der Waals surface area contributed by atoms with E-state index >= 15 is 0 Å². The number of rotatable bonds is 4. The van der Waals surface area contributed by atoms with Crippen molar-refractivity contribution in [2.45, 2.75) is 13.8 Å². The number of carbonyl (C=O) groups is 1.